The summed E-state index contributed by atoms with van der Waals surface area (Å²) in [6.07, 6.45) is -1.93. The molecule has 2 unspecified atom stereocenters. The van der Waals surface area contributed by atoms with E-state index in [1.54, 1.807) is 26.0 Å². The van der Waals surface area contributed by atoms with Crippen molar-refractivity contribution in [3.63, 3.8) is 0 Å². The predicted molar refractivity (Wildman–Crippen MR) is 134 cm³/mol. The average molecular weight is 497 g/mol. The van der Waals surface area contributed by atoms with Gasteiger partial charge in [-0.05, 0) is 63.1 Å². The molecule has 0 spiro atoms. The number of likely N-dealkylation sites (tertiary alicyclic amines) is 1. The van der Waals surface area contributed by atoms with Crippen molar-refractivity contribution in [1.82, 2.24) is 14.7 Å². The van der Waals surface area contributed by atoms with Gasteiger partial charge in [0.1, 0.15) is 6.54 Å². The van der Waals surface area contributed by atoms with Crippen molar-refractivity contribution < 1.29 is 19.8 Å². The largest absolute Gasteiger partial charge is 0.388 e. The molecule has 0 aliphatic carbocycles. The smallest absolute Gasteiger partial charge is 0.280 e. The number of Topliss-reactive ketones (excluding diaryl/α,β-unsaturated/α-hetero) is 1. The fourth-order valence-corrected chi connectivity index (χ4v) is 4.96. The summed E-state index contributed by atoms with van der Waals surface area (Å²) < 4.78 is 1.47. The number of benzene rings is 1. The number of aliphatic imine (C=N–C) groups is 1. The number of aliphatic hydroxyl groups is 2. The molecule has 10 heteroatoms. The molecule has 9 nitrogen and oxygen atoms in total. The minimum absolute atomic E-state index is 0.0559. The summed E-state index contributed by atoms with van der Waals surface area (Å²) in [5.74, 6) is -0.600. The van der Waals surface area contributed by atoms with Crippen LogP contribution in [0.25, 0.3) is 5.69 Å². The Hall–Kier alpha value is -3.34. The van der Waals surface area contributed by atoms with Gasteiger partial charge in [0, 0.05) is 24.5 Å². The number of rotatable bonds is 6. The van der Waals surface area contributed by atoms with E-state index >= 15 is 0 Å². The standard InChI is InChI=1S/C25H28N4O5S/c1-13-5-6-17(9-14(13)2)29-25(34)23(16(4)27-29)15(3)26-10-18(30)21-7-8-22(35-21)24(33)28-11-19(31)20(32)12-28/h5-9,19-20,27,31-32H,10-12H2,1-4H3. The summed E-state index contributed by atoms with van der Waals surface area (Å²) in [6, 6.07) is 8.90. The van der Waals surface area contributed by atoms with Crippen LogP contribution in [0.5, 0.6) is 0 Å². The lowest BCUT2D eigenvalue weighted by atomic mass is 10.1. The number of ketones is 1. The maximum absolute atomic E-state index is 13.1. The summed E-state index contributed by atoms with van der Waals surface area (Å²) in [5.41, 5.74) is 4.22. The fourth-order valence-electron chi connectivity index (χ4n) is 4.06. The number of thiophene rings is 1. The Kier molecular flexibility index (Phi) is 6.88. The molecular weight excluding hydrogens is 468 g/mol. The number of carbonyl (C=O) groups excluding carboxylic acids is 2. The molecule has 0 radical (unpaired) electrons. The number of hydrogen-bond donors (Lipinski definition) is 3. The van der Waals surface area contributed by atoms with Crippen molar-refractivity contribution in [2.75, 3.05) is 19.6 Å². The molecule has 184 valence electrons. The summed E-state index contributed by atoms with van der Waals surface area (Å²) in [4.78, 5) is 44.9. The van der Waals surface area contributed by atoms with E-state index in [-0.39, 0.29) is 36.9 Å². The second-order valence-electron chi connectivity index (χ2n) is 8.85. The van der Waals surface area contributed by atoms with Crippen LogP contribution in [-0.2, 0) is 0 Å². The van der Waals surface area contributed by atoms with Crippen molar-refractivity contribution >= 4 is 28.7 Å². The Morgan fingerprint density at radius 1 is 1.06 bits per heavy atom. The van der Waals surface area contributed by atoms with E-state index in [0.29, 0.717) is 26.7 Å². The number of amides is 1. The zero-order valence-corrected chi connectivity index (χ0v) is 20.8. The minimum atomic E-state index is -0.964. The monoisotopic (exact) mass is 496 g/mol. The number of aromatic amines is 1. The lowest BCUT2D eigenvalue weighted by molar-refractivity contribution is 0.0572. The molecular formula is C25H28N4O5S. The molecule has 2 atom stereocenters. The number of carbonyl (C=O) groups is 2. The van der Waals surface area contributed by atoms with Gasteiger partial charge in [0.2, 0.25) is 0 Å². The maximum atomic E-state index is 13.1. The van der Waals surface area contributed by atoms with Crippen molar-refractivity contribution in [3.05, 3.63) is 72.8 Å². The van der Waals surface area contributed by atoms with E-state index in [4.69, 9.17) is 0 Å². The van der Waals surface area contributed by atoms with E-state index in [1.807, 2.05) is 32.0 Å². The van der Waals surface area contributed by atoms with E-state index in [1.165, 1.54) is 9.58 Å². The van der Waals surface area contributed by atoms with Gasteiger partial charge in [-0.1, -0.05) is 6.07 Å². The van der Waals surface area contributed by atoms with Gasteiger partial charge in [0.15, 0.2) is 5.78 Å². The van der Waals surface area contributed by atoms with Crippen LogP contribution in [0.2, 0.25) is 0 Å². The first-order chi connectivity index (χ1) is 16.6. The van der Waals surface area contributed by atoms with Gasteiger partial charge in [-0.3, -0.25) is 24.5 Å². The molecule has 35 heavy (non-hydrogen) atoms. The molecule has 0 saturated carbocycles. The van der Waals surface area contributed by atoms with Gasteiger partial charge in [-0.25, -0.2) is 4.68 Å². The van der Waals surface area contributed by atoms with E-state index in [9.17, 15) is 24.6 Å². The number of β-amino-alcohol motifs (C(OH)–C–C–N with tert-alkyl or cyclic N) is 2. The lowest BCUT2D eigenvalue weighted by Crippen LogP contribution is -2.29. The lowest BCUT2D eigenvalue weighted by Gasteiger charge is -2.13. The van der Waals surface area contributed by atoms with E-state index < -0.39 is 12.2 Å². The van der Waals surface area contributed by atoms with Crippen molar-refractivity contribution in [3.8, 4) is 5.69 Å². The Labute approximate surface area is 206 Å². The normalized spacial score (nSPS) is 18.3. The van der Waals surface area contributed by atoms with Gasteiger partial charge < -0.3 is 15.1 Å². The number of aliphatic hydroxyl groups excluding tert-OH is 2. The third-order valence-corrected chi connectivity index (χ3v) is 7.39. The number of hydrogen-bond acceptors (Lipinski definition) is 7. The number of nitrogens with zero attached hydrogens (tertiary/aromatic N) is 3. The van der Waals surface area contributed by atoms with Crippen molar-refractivity contribution in [1.29, 1.82) is 0 Å². The first-order valence-electron chi connectivity index (χ1n) is 11.3. The molecule has 0 bridgehead atoms. The molecule has 1 aliphatic heterocycles. The van der Waals surface area contributed by atoms with Crippen LogP contribution >= 0.6 is 11.3 Å². The molecule has 1 amide bonds. The first kappa shape index (κ1) is 24.8. The number of aryl methyl sites for hydroxylation is 3. The summed E-state index contributed by atoms with van der Waals surface area (Å²) in [7, 11) is 0. The number of aromatic nitrogens is 2. The van der Waals surface area contributed by atoms with Crippen molar-refractivity contribution in [2.24, 2.45) is 4.99 Å². The van der Waals surface area contributed by atoms with Gasteiger partial charge in [-0.2, -0.15) is 0 Å². The highest BCUT2D eigenvalue weighted by Gasteiger charge is 2.33. The molecule has 1 aromatic carbocycles. The Morgan fingerprint density at radius 2 is 1.71 bits per heavy atom. The Morgan fingerprint density at radius 3 is 2.37 bits per heavy atom. The highest BCUT2D eigenvalue weighted by atomic mass is 32.1. The highest BCUT2D eigenvalue weighted by molar-refractivity contribution is 7.16. The minimum Gasteiger partial charge on any atom is -0.388 e. The number of H-pyrrole nitrogens is 1. The molecule has 2 aromatic heterocycles. The zero-order chi connectivity index (χ0) is 25.4. The Bertz CT molecular complexity index is 1370. The maximum Gasteiger partial charge on any atom is 0.280 e. The first-order valence-corrected chi connectivity index (χ1v) is 12.1. The van der Waals surface area contributed by atoms with Crippen LogP contribution in [0.1, 0.15) is 48.7 Å². The van der Waals surface area contributed by atoms with Gasteiger partial charge >= 0.3 is 0 Å². The number of nitrogens with one attached hydrogen (secondary N) is 1. The van der Waals surface area contributed by atoms with Gasteiger partial charge in [0.05, 0.1) is 33.2 Å². The van der Waals surface area contributed by atoms with Crippen LogP contribution in [0.4, 0.5) is 0 Å². The van der Waals surface area contributed by atoms with Crippen LogP contribution in [0.15, 0.2) is 40.1 Å². The third-order valence-electron chi connectivity index (χ3n) is 6.28. The van der Waals surface area contributed by atoms with E-state index in [2.05, 4.69) is 10.1 Å². The second-order valence-corrected chi connectivity index (χ2v) is 9.94. The molecule has 1 aliphatic rings. The molecule has 4 rings (SSSR count). The molecule has 3 N–H and O–H groups in total. The molecule has 1 saturated heterocycles. The second kappa shape index (κ2) is 9.73. The van der Waals surface area contributed by atoms with Gasteiger partial charge in [-0.15, -0.1) is 11.3 Å². The average Bonchev–Trinajstić information content (AvgIpc) is 3.51. The molecule has 1 fully saturated rings. The van der Waals surface area contributed by atoms with Gasteiger partial charge in [0.25, 0.3) is 11.5 Å². The van der Waals surface area contributed by atoms with Crippen molar-refractivity contribution in [2.45, 2.75) is 39.9 Å². The van der Waals surface area contributed by atoms with Crippen LogP contribution in [-0.4, -0.2) is 74.1 Å². The fraction of sp³-hybridized carbons (Fsp3) is 0.360. The summed E-state index contributed by atoms with van der Waals surface area (Å²) in [5, 5.41) is 22.4. The summed E-state index contributed by atoms with van der Waals surface area (Å²) in [6.45, 7) is 7.44. The molecule has 3 aromatic rings. The topological polar surface area (TPSA) is 128 Å². The van der Waals surface area contributed by atoms with Crippen LogP contribution in [0.3, 0.4) is 0 Å². The highest BCUT2D eigenvalue weighted by Crippen LogP contribution is 2.22. The third kappa shape index (κ3) is 4.90. The summed E-state index contributed by atoms with van der Waals surface area (Å²) >= 11 is 1.05. The van der Waals surface area contributed by atoms with Crippen LogP contribution in [0, 0.1) is 20.8 Å². The Balaban J connectivity index is 1.49. The quantitative estimate of drug-likeness (QED) is 0.355. The SMILES string of the molecule is CC(=NCC(=O)c1ccc(C(=O)N2CC(O)C(O)C2)s1)c1c(C)[nH]n(-c2ccc(C)c(C)c2)c1=O. The van der Waals surface area contributed by atoms with Crippen LogP contribution < -0.4 is 5.56 Å². The predicted octanol–water partition coefficient (Wildman–Crippen LogP) is 2.02. The zero-order valence-electron chi connectivity index (χ0n) is 20.0. The molecule has 3 heterocycles. The van der Waals surface area contributed by atoms with E-state index in [0.717, 1.165) is 28.2 Å².